The molecule has 0 bridgehead atoms. The monoisotopic (exact) mass is 510 g/mol. The van der Waals surface area contributed by atoms with Crippen molar-refractivity contribution in [3.63, 3.8) is 0 Å². The first kappa shape index (κ1) is 24.4. The van der Waals surface area contributed by atoms with Gasteiger partial charge in [0.1, 0.15) is 11.4 Å². The van der Waals surface area contributed by atoms with Crippen LogP contribution in [0.5, 0.6) is 0 Å². The molecule has 190 valence electrons. The molecule has 1 aromatic heterocycles. The van der Waals surface area contributed by atoms with Crippen LogP contribution in [-0.4, -0.2) is 31.1 Å². The molecule has 1 atom stereocenters. The predicted molar refractivity (Wildman–Crippen MR) is 140 cm³/mol. The number of nitro benzene ring substituents is 1. The number of aromatic nitrogens is 2. The molecule has 1 N–H and O–H groups in total. The number of ketones is 1. The maximum atomic E-state index is 13.8. The molecule has 0 aliphatic carbocycles. The van der Waals surface area contributed by atoms with Gasteiger partial charge in [-0.25, -0.2) is 4.68 Å². The van der Waals surface area contributed by atoms with Crippen LogP contribution >= 0.6 is 0 Å². The molecule has 4 aromatic rings. The minimum atomic E-state index is -1.20. The van der Waals surface area contributed by atoms with Gasteiger partial charge < -0.3 is 5.11 Å². The number of benzene rings is 3. The van der Waals surface area contributed by atoms with E-state index in [1.165, 1.54) is 28.9 Å². The molecule has 1 saturated heterocycles. The Hall–Kier alpha value is -5.25. The topological polar surface area (TPSA) is 128 Å². The molecule has 1 aliphatic heterocycles. The van der Waals surface area contributed by atoms with E-state index in [-0.39, 0.29) is 16.9 Å². The molecule has 3 aromatic carbocycles. The van der Waals surface area contributed by atoms with E-state index in [0.717, 1.165) is 4.90 Å². The number of aliphatic hydroxyl groups is 1. The van der Waals surface area contributed by atoms with E-state index in [9.17, 15) is 29.6 Å². The van der Waals surface area contributed by atoms with Gasteiger partial charge in [0.15, 0.2) is 0 Å². The SMILES string of the molecule is Cc1c(N2C(=O)C(=O)/C(=C(/O)c3ccccc3)C2c2ccc([N+](=O)[O-])cc2)c(=O)n(-c2ccccc2)n1C. The molecule has 0 saturated carbocycles. The molecule has 1 unspecified atom stereocenters. The van der Waals surface area contributed by atoms with Crippen LogP contribution in [0.1, 0.15) is 22.9 Å². The number of hydrogen-bond donors (Lipinski definition) is 1. The van der Waals surface area contributed by atoms with E-state index >= 15 is 0 Å². The van der Waals surface area contributed by atoms with Crippen LogP contribution < -0.4 is 10.5 Å². The Labute approximate surface area is 216 Å². The lowest BCUT2D eigenvalue weighted by molar-refractivity contribution is -0.384. The summed E-state index contributed by atoms with van der Waals surface area (Å²) in [7, 11) is 1.66. The normalized spacial score (nSPS) is 16.7. The van der Waals surface area contributed by atoms with Gasteiger partial charge in [0.05, 0.1) is 27.9 Å². The number of nitro groups is 1. The zero-order valence-corrected chi connectivity index (χ0v) is 20.4. The molecule has 1 amide bonds. The second kappa shape index (κ2) is 9.32. The van der Waals surface area contributed by atoms with Gasteiger partial charge in [-0.05, 0) is 36.8 Å². The highest BCUT2D eigenvalue weighted by Gasteiger charge is 2.49. The van der Waals surface area contributed by atoms with Gasteiger partial charge in [-0.2, -0.15) is 0 Å². The Morgan fingerprint density at radius 3 is 2.05 bits per heavy atom. The van der Waals surface area contributed by atoms with Crippen LogP contribution in [0.3, 0.4) is 0 Å². The minimum Gasteiger partial charge on any atom is -0.507 e. The maximum Gasteiger partial charge on any atom is 0.300 e. The largest absolute Gasteiger partial charge is 0.507 e. The first-order valence-electron chi connectivity index (χ1n) is 11.7. The van der Waals surface area contributed by atoms with E-state index < -0.39 is 34.0 Å². The highest BCUT2D eigenvalue weighted by atomic mass is 16.6. The van der Waals surface area contributed by atoms with Crippen molar-refractivity contribution >= 4 is 28.8 Å². The summed E-state index contributed by atoms with van der Waals surface area (Å²) in [5, 5.41) is 22.4. The Kier molecular flexibility index (Phi) is 6.00. The Morgan fingerprint density at radius 2 is 1.47 bits per heavy atom. The molecule has 10 heteroatoms. The number of aliphatic hydroxyl groups excluding tert-OH is 1. The van der Waals surface area contributed by atoms with Crippen LogP contribution in [0.15, 0.2) is 95.3 Å². The summed E-state index contributed by atoms with van der Waals surface area (Å²) in [6, 6.07) is 21.2. The second-order valence-electron chi connectivity index (χ2n) is 8.79. The number of amides is 1. The minimum absolute atomic E-state index is 0.0334. The van der Waals surface area contributed by atoms with Crippen LogP contribution in [0.4, 0.5) is 11.4 Å². The summed E-state index contributed by atoms with van der Waals surface area (Å²) in [4.78, 5) is 52.5. The maximum absolute atomic E-state index is 13.8. The van der Waals surface area contributed by atoms with Crippen LogP contribution in [0, 0.1) is 17.0 Å². The fourth-order valence-corrected chi connectivity index (χ4v) is 4.74. The number of hydrogen-bond acceptors (Lipinski definition) is 6. The lowest BCUT2D eigenvalue weighted by Crippen LogP contribution is -2.34. The fourth-order valence-electron chi connectivity index (χ4n) is 4.74. The fraction of sp³-hybridized carbons (Fsp3) is 0.107. The quantitative estimate of drug-likeness (QED) is 0.142. The third kappa shape index (κ3) is 3.79. The van der Waals surface area contributed by atoms with Gasteiger partial charge in [-0.15, -0.1) is 0 Å². The zero-order chi connectivity index (χ0) is 27.1. The number of para-hydroxylation sites is 1. The first-order valence-corrected chi connectivity index (χ1v) is 11.7. The molecular formula is C28H22N4O6. The summed E-state index contributed by atoms with van der Waals surface area (Å²) < 4.78 is 2.96. The number of nitrogens with zero attached hydrogens (tertiary/aromatic N) is 4. The van der Waals surface area contributed by atoms with E-state index in [4.69, 9.17) is 0 Å². The van der Waals surface area contributed by atoms with Crippen molar-refractivity contribution in [1.82, 2.24) is 9.36 Å². The molecule has 1 aliphatic rings. The van der Waals surface area contributed by atoms with Crippen molar-refractivity contribution < 1.29 is 19.6 Å². The van der Waals surface area contributed by atoms with Gasteiger partial charge in [0.25, 0.3) is 22.9 Å². The molecule has 0 radical (unpaired) electrons. The third-order valence-corrected chi connectivity index (χ3v) is 6.68. The summed E-state index contributed by atoms with van der Waals surface area (Å²) in [5.74, 6) is -2.37. The van der Waals surface area contributed by atoms with Gasteiger partial charge >= 0.3 is 0 Å². The van der Waals surface area contributed by atoms with Crippen molar-refractivity contribution in [3.8, 4) is 5.69 Å². The number of non-ortho nitro benzene ring substituents is 1. The van der Waals surface area contributed by atoms with Crippen LogP contribution in [0.25, 0.3) is 11.4 Å². The molecular weight excluding hydrogens is 488 g/mol. The van der Waals surface area contributed by atoms with E-state index in [2.05, 4.69) is 0 Å². The standard InChI is InChI=1S/C28H22N4O6/c1-17-23(27(35)31(29(17)2)20-11-7-4-8-12-20)30-24(18-13-15-21(16-14-18)32(37)38)22(26(34)28(30)36)25(33)19-9-5-3-6-10-19/h3-16,24,33H,1-2H3/b25-22+. The van der Waals surface area contributed by atoms with Crippen molar-refractivity contribution in [2.45, 2.75) is 13.0 Å². The molecule has 5 rings (SSSR count). The lowest BCUT2D eigenvalue weighted by Gasteiger charge is -2.24. The van der Waals surface area contributed by atoms with E-state index in [1.807, 2.05) is 6.07 Å². The number of carbonyl (C=O) groups is 2. The number of rotatable bonds is 5. The third-order valence-electron chi connectivity index (χ3n) is 6.68. The van der Waals surface area contributed by atoms with E-state index in [0.29, 0.717) is 22.5 Å². The van der Waals surface area contributed by atoms with Crippen molar-refractivity contribution in [2.24, 2.45) is 7.05 Å². The average Bonchev–Trinajstić information content (AvgIpc) is 3.31. The summed E-state index contributed by atoms with van der Waals surface area (Å²) in [6.45, 7) is 1.65. The number of carbonyl (C=O) groups excluding carboxylic acids is 2. The Bertz CT molecular complexity index is 1670. The van der Waals surface area contributed by atoms with Crippen molar-refractivity contribution in [2.75, 3.05) is 4.90 Å². The molecule has 0 spiro atoms. The Balaban J connectivity index is 1.78. The van der Waals surface area contributed by atoms with Crippen LogP contribution in [-0.2, 0) is 16.6 Å². The van der Waals surface area contributed by atoms with Gasteiger partial charge in [-0.3, -0.25) is 34.1 Å². The van der Waals surface area contributed by atoms with E-state index in [1.54, 1.807) is 73.3 Å². The van der Waals surface area contributed by atoms with Gasteiger partial charge in [0, 0.05) is 24.7 Å². The first-order chi connectivity index (χ1) is 18.2. The highest BCUT2D eigenvalue weighted by molar-refractivity contribution is 6.51. The van der Waals surface area contributed by atoms with Crippen molar-refractivity contribution in [1.29, 1.82) is 0 Å². The molecule has 2 heterocycles. The van der Waals surface area contributed by atoms with Crippen molar-refractivity contribution in [3.05, 3.63) is 128 Å². The van der Waals surface area contributed by atoms with Gasteiger partial charge in [0.2, 0.25) is 0 Å². The lowest BCUT2D eigenvalue weighted by atomic mass is 9.95. The predicted octanol–water partition coefficient (Wildman–Crippen LogP) is 4.02. The van der Waals surface area contributed by atoms with Gasteiger partial charge in [-0.1, -0.05) is 48.5 Å². The molecule has 1 fully saturated rings. The summed E-state index contributed by atoms with van der Waals surface area (Å²) in [5.41, 5.74) is 0.623. The molecule has 38 heavy (non-hydrogen) atoms. The van der Waals surface area contributed by atoms with Crippen LogP contribution in [0.2, 0.25) is 0 Å². The highest BCUT2D eigenvalue weighted by Crippen LogP contribution is 2.42. The number of Topliss-reactive ketones (excluding diaryl/α,β-unsaturated/α-hetero) is 1. The zero-order valence-electron chi connectivity index (χ0n) is 20.4. The average molecular weight is 511 g/mol. The number of anilines is 1. The Morgan fingerprint density at radius 1 is 0.895 bits per heavy atom. The second-order valence-corrected chi connectivity index (χ2v) is 8.79. The summed E-state index contributed by atoms with van der Waals surface area (Å²) in [6.07, 6.45) is 0. The summed E-state index contributed by atoms with van der Waals surface area (Å²) >= 11 is 0. The smallest absolute Gasteiger partial charge is 0.300 e. The molecule has 10 nitrogen and oxygen atoms in total.